The van der Waals surface area contributed by atoms with Gasteiger partial charge in [-0.15, -0.1) is 5.10 Å². The molecule has 0 unspecified atom stereocenters. The second kappa shape index (κ2) is 8.60. The number of rotatable bonds is 5. The van der Waals surface area contributed by atoms with E-state index in [1.807, 2.05) is 47.2 Å². The van der Waals surface area contributed by atoms with E-state index in [4.69, 9.17) is 17.3 Å². The molecule has 5 rings (SSSR count). The van der Waals surface area contributed by atoms with E-state index in [2.05, 4.69) is 35.4 Å². The monoisotopic (exact) mass is 498 g/mol. The summed E-state index contributed by atoms with van der Waals surface area (Å²) in [7, 11) is -3.51. The third-order valence-corrected chi connectivity index (χ3v) is 9.00. The molecule has 1 fully saturated rings. The van der Waals surface area contributed by atoms with Gasteiger partial charge in [-0.1, -0.05) is 29.8 Å². The fourth-order valence-corrected chi connectivity index (χ4v) is 6.76. The largest absolute Gasteiger partial charge is 0.306 e. The molecule has 1 aliphatic rings. The summed E-state index contributed by atoms with van der Waals surface area (Å²) in [5.41, 5.74) is 4.01. The molecular weight excluding hydrogens is 468 g/mol. The first-order valence-corrected chi connectivity index (χ1v) is 13.4. The summed E-state index contributed by atoms with van der Waals surface area (Å²) in [5, 5.41) is 4.86. The van der Waals surface area contributed by atoms with E-state index in [1.165, 1.54) is 0 Å². The van der Waals surface area contributed by atoms with E-state index in [0.717, 1.165) is 27.9 Å². The predicted molar refractivity (Wildman–Crippen MR) is 136 cm³/mol. The number of imidazole rings is 1. The Labute approximate surface area is 205 Å². The number of hydrogen-bond donors (Lipinski definition) is 0. The highest BCUT2D eigenvalue weighted by Gasteiger charge is 2.30. The molecule has 0 aliphatic carbocycles. The molecule has 0 amide bonds. The van der Waals surface area contributed by atoms with E-state index in [9.17, 15) is 8.42 Å². The number of para-hydroxylation sites is 2. The van der Waals surface area contributed by atoms with Crippen molar-refractivity contribution in [3.05, 3.63) is 58.4 Å². The second-order valence-electron chi connectivity index (χ2n) is 9.30. The molecule has 0 radical (unpaired) electrons. The van der Waals surface area contributed by atoms with Crippen molar-refractivity contribution >= 4 is 39.1 Å². The van der Waals surface area contributed by atoms with E-state index in [1.54, 1.807) is 10.4 Å². The quantitative estimate of drug-likeness (QED) is 0.390. The molecule has 2 aromatic carbocycles. The van der Waals surface area contributed by atoms with Gasteiger partial charge in [-0.05, 0) is 63.7 Å². The number of nitrogens with zero attached hydrogens (tertiary/aromatic N) is 6. The molecule has 34 heavy (non-hydrogen) atoms. The maximum atomic E-state index is 13.2. The zero-order valence-electron chi connectivity index (χ0n) is 20.0. The SMILES string of the molecule is Cc1ccc(S(=O)(=O)N2CCN(Cn3nc4n(C(C)C)c5ccccc5n4c3=S)CC2)c(C)c1. The van der Waals surface area contributed by atoms with Crippen LogP contribution in [0.5, 0.6) is 0 Å². The van der Waals surface area contributed by atoms with Crippen LogP contribution in [-0.4, -0.2) is 62.6 Å². The molecule has 4 aromatic rings. The first-order chi connectivity index (χ1) is 16.2. The highest BCUT2D eigenvalue weighted by atomic mass is 32.2. The van der Waals surface area contributed by atoms with Gasteiger partial charge in [0.15, 0.2) is 0 Å². The number of piperazine rings is 1. The summed E-state index contributed by atoms with van der Waals surface area (Å²) >= 11 is 5.81. The van der Waals surface area contributed by atoms with Crippen molar-refractivity contribution in [2.45, 2.75) is 45.3 Å². The fraction of sp³-hybridized carbons (Fsp3) is 0.417. The Balaban J connectivity index is 1.37. The maximum absolute atomic E-state index is 13.2. The molecule has 1 saturated heterocycles. The number of aromatic nitrogens is 4. The first-order valence-electron chi connectivity index (χ1n) is 11.6. The molecular formula is C24H30N6O2S2. The zero-order valence-corrected chi connectivity index (χ0v) is 21.6. The van der Waals surface area contributed by atoms with Crippen molar-refractivity contribution in [3.8, 4) is 0 Å². The normalized spacial score (nSPS) is 16.3. The van der Waals surface area contributed by atoms with E-state index >= 15 is 0 Å². The van der Waals surface area contributed by atoms with E-state index in [0.29, 0.717) is 42.5 Å². The van der Waals surface area contributed by atoms with Gasteiger partial charge in [-0.2, -0.15) is 4.31 Å². The standard InChI is InChI=1S/C24H30N6O2S2/c1-17(2)29-20-7-5-6-8-21(20)30-23(29)25-28(24(30)33)16-26-11-13-27(14-12-26)34(31,32)22-10-9-18(3)15-19(22)4/h5-10,15,17H,11-14,16H2,1-4H3. The summed E-state index contributed by atoms with van der Waals surface area (Å²) in [6.07, 6.45) is 0. The van der Waals surface area contributed by atoms with Gasteiger partial charge in [0.2, 0.25) is 20.6 Å². The Kier molecular flexibility index (Phi) is 5.87. The minimum Gasteiger partial charge on any atom is -0.306 e. The van der Waals surface area contributed by atoms with Gasteiger partial charge in [-0.25, -0.2) is 13.1 Å². The molecule has 0 saturated carbocycles. The Morgan fingerprint density at radius 2 is 1.68 bits per heavy atom. The van der Waals surface area contributed by atoms with Crippen LogP contribution in [0.4, 0.5) is 0 Å². The minimum absolute atomic E-state index is 0.242. The minimum atomic E-state index is -3.51. The smallest absolute Gasteiger partial charge is 0.243 e. The summed E-state index contributed by atoms with van der Waals surface area (Å²) in [4.78, 5) is 2.60. The van der Waals surface area contributed by atoms with Crippen LogP contribution in [0, 0.1) is 18.6 Å². The van der Waals surface area contributed by atoms with E-state index in [-0.39, 0.29) is 6.04 Å². The molecule has 8 nitrogen and oxygen atoms in total. The third kappa shape index (κ3) is 3.78. The number of aryl methyl sites for hydroxylation is 2. The van der Waals surface area contributed by atoms with Crippen LogP contribution >= 0.6 is 12.2 Å². The summed E-state index contributed by atoms with van der Waals surface area (Å²) in [5.74, 6) is 0.831. The highest BCUT2D eigenvalue weighted by molar-refractivity contribution is 7.89. The highest BCUT2D eigenvalue weighted by Crippen LogP contribution is 2.25. The average Bonchev–Trinajstić information content (AvgIpc) is 3.28. The first kappa shape index (κ1) is 23.2. The van der Waals surface area contributed by atoms with E-state index < -0.39 is 10.0 Å². The molecule has 180 valence electrons. The Hall–Kier alpha value is -2.53. The van der Waals surface area contributed by atoms with Gasteiger partial charge in [-0.3, -0.25) is 9.30 Å². The Bertz CT molecular complexity index is 1540. The molecule has 0 N–H and O–H groups in total. The lowest BCUT2D eigenvalue weighted by molar-refractivity contribution is 0.145. The molecule has 0 spiro atoms. The van der Waals surface area contributed by atoms with Gasteiger partial charge in [0.05, 0.1) is 22.6 Å². The Morgan fingerprint density at radius 1 is 1.00 bits per heavy atom. The summed E-state index contributed by atoms with van der Waals surface area (Å²) in [6.45, 7) is 10.8. The van der Waals surface area contributed by atoms with Gasteiger partial charge in [0.1, 0.15) is 0 Å². The van der Waals surface area contributed by atoms with Crippen LogP contribution < -0.4 is 0 Å². The Morgan fingerprint density at radius 3 is 2.32 bits per heavy atom. The van der Waals surface area contributed by atoms with Crippen molar-refractivity contribution in [2.24, 2.45) is 0 Å². The lowest BCUT2D eigenvalue weighted by Gasteiger charge is -2.33. The van der Waals surface area contributed by atoms with Gasteiger partial charge in [0, 0.05) is 32.2 Å². The van der Waals surface area contributed by atoms with Gasteiger partial charge in [0.25, 0.3) is 0 Å². The van der Waals surface area contributed by atoms with Gasteiger partial charge < -0.3 is 4.57 Å². The number of sulfonamides is 1. The van der Waals surface area contributed by atoms with Crippen LogP contribution in [0.3, 0.4) is 0 Å². The van der Waals surface area contributed by atoms with Crippen molar-refractivity contribution in [2.75, 3.05) is 26.2 Å². The molecule has 1 aliphatic heterocycles. The fourth-order valence-electron chi connectivity index (χ4n) is 4.86. The van der Waals surface area contributed by atoms with Crippen LogP contribution in [-0.2, 0) is 16.7 Å². The van der Waals surface area contributed by atoms with Crippen LogP contribution in [0.15, 0.2) is 47.4 Å². The van der Waals surface area contributed by atoms with Crippen LogP contribution in [0.25, 0.3) is 16.8 Å². The zero-order chi connectivity index (χ0) is 24.2. The lowest BCUT2D eigenvalue weighted by Crippen LogP contribution is -2.49. The topological polar surface area (TPSA) is 67.8 Å². The lowest BCUT2D eigenvalue weighted by atomic mass is 10.2. The molecule has 3 heterocycles. The van der Waals surface area contributed by atoms with Crippen molar-refractivity contribution in [1.29, 1.82) is 0 Å². The van der Waals surface area contributed by atoms with Crippen LogP contribution in [0.2, 0.25) is 0 Å². The predicted octanol–water partition coefficient (Wildman–Crippen LogP) is 3.98. The number of benzene rings is 2. The molecule has 0 bridgehead atoms. The van der Waals surface area contributed by atoms with Crippen LogP contribution in [0.1, 0.15) is 31.0 Å². The van der Waals surface area contributed by atoms with Crippen molar-refractivity contribution < 1.29 is 8.42 Å². The molecule has 10 heteroatoms. The molecule has 0 atom stereocenters. The summed E-state index contributed by atoms with van der Waals surface area (Å²) < 4.78 is 34.8. The average molecular weight is 499 g/mol. The molecule has 2 aromatic heterocycles. The summed E-state index contributed by atoms with van der Waals surface area (Å²) in [6, 6.07) is 13.9. The van der Waals surface area contributed by atoms with Crippen molar-refractivity contribution in [1.82, 2.24) is 28.0 Å². The second-order valence-corrected chi connectivity index (χ2v) is 11.6. The van der Waals surface area contributed by atoms with Crippen molar-refractivity contribution in [3.63, 3.8) is 0 Å². The third-order valence-electron chi connectivity index (χ3n) is 6.55. The van der Waals surface area contributed by atoms with Gasteiger partial charge >= 0.3 is 0 Å². The maximum Gasteiger partial charge on any atom is 0.243 e. The number of fused-ring (bicyclic) bond motifs is 3. The number of hydrogen-bond acceptors (Lipinski definition) is 5.